The maximum absolute atomic E-state index is 5.99. The number of aryl methyl sites for hydroxylation is 2. The summed E-state index contributed by atoms with van der Waals surface area (Å²) in [5.74, 6) is 0.555. The summed E-state index contributed by atoms with van der Waals surface area (Å²) in [5.41, 5.74) is 8.55. The van der Waals surface area contributed by atoms with Crippen LogP contribution in [0.15, 0.2) is 4.47 Å². The third-order valence-electron chi connectivity index (χ3n) is 4.13. The van der Waals surface area contributed by atoms with E-state index in [0.29, 0.717) is 12.5 Å². The molecule has 0 saturated carbocycles. The minimum Gasteiger partial charge on any atom is -0.330 e. The molecule has 0 aromatic carbocycles. The predicted molar refractivity (Wildman–Crippen MR) is 80.7 cm³/mol. The van der Waals surface area contributed by atoms with Gasteiger partial charge in [0.05, 0.1) is 15.9 Å². The number of rotatable bonds is 6. The van der Waals surface area contributed by atoms with Gasteiger partial charge in [-0.1, -0.05) is 27.7 Å². The molecule has 0 saturated heterocycles. The van der Waals surface area contributed by atoms with Crippen LogP contribution in [-0.4, -0.2) is 16.3 Å². The van der Waals surface area contributed by atoms with Crippen molar-refractivity contribution in [3.63, 3.8) is 0 Å². The Kier molecular flexibility index (Phi) is 5.41. The average molecular weight is 316 g/mol. The second-order valence-corrected chi connectivity index (χ2v) is 6.36. The van der Waals surface area contributed by atoms with E-state index < -0.39 is 0 Å². The van der Waals surface area contributed by atoms with Crippen molar-refractivity contribution in [1.82, 2.24) is 9.78 Å². The van der Waals surface area contributed by atoms with E-state index in [1.807, 2.05) is 0 Å². The Balaban J connectivity index is 3.13. The van der Waals surface area contributed by atoms with Gasteiger partial charge < -0.3 is 5.73 Å². The molecule has 0 aliphatic rings. The quantitative estimate of drug-likeness (QED) is 0.874. The summed E-state index contributed by atoms with van der Waals surface area (Å²) in [6, 6.07) is 0. The SMILES string of the molecule is CCc1nn(CC)c(CC(C)(CN)C(C)C)c1Br. The molecule has 1 aromatic rings. The fourth-order valence-corrected chi connectivity index (χ4v) is 2.79. The first-order valence-electron chi connectivity index (χ1n) is 6.83. The molecule has 1 aromatic heterocycles. The summed E-state index contributed by atoms with van der Waals surface area (Å²) in [4.78, 5) is 0. The molecule has 2 N–H and O–H groups in total. The van der Waals surface area contributed by atoms with Gasteiger partial charge in [0, 0.05) is 6.54 Å². The van der Waals surface area contributed by atoms with Crippen LogP contribution in [0, 0.1) is 11.3 Å². The van der Waals surface area contributed by atoms with Gasteiger partial charge in [0.25, 0.3) is 0 Å². The topological polar surface area (TPSA) is 43.8 Å². The number of hydrogen-bond acceptors (Lipinski definition) is 2. The van der Waals surface area contributed by atoms with Crippen LogP contribution in [0.5, 0.6) is 0 Å². The highest BCUT2D eigenvalue weighted by Gasteiger charge is 2.30. The van der Waals surface area contributed by atoms with Crippen LogP contribution >= 0.6 is 15.9 Å². The monoisotopic (exact) mass is 315 g/mol. The molecule has 0 spiro atoms. The third kappa shape index (κ3) is 2.97. The lowest BCUT2D eigenvalue weighted by Crippen LogP contribution is -2.35. The molecular formula is C14H26BrN3. The summed E-state index contributed by atoms with van der Waals surface area (Å²) < 4.78 is 3.28. The Hall–Kier alpha value is -0.350. The number of aromatic nitrogens is 2. The van der Waals surface area contributed by atoms with Crippen LogP contribution in [0.3, 0.4) is 0 Å². The van der Waals surface area contributed by atoms with E-state index in [2.05, 4.69) is 60.3 Å². The summed E-state index contributed by atoms with van der Waals surface area (Å²) >= 11 is 3.71. The van der Waals surface area contributed by atoms with Crippen LogP contribution < -0.4 is 5.73 Å². The van der Waals surface area contributed by atoms with Gasteiger partial charge in [-0.2, -0.15) is 5.10 Å². The molecular weight excluding hydrogens is 290 g/mol. The summed E-state index contributed by atoms with van der Waals surface area (Å²) in [6.07, 6.45) is 1.93. The van der Waals surface area contributed by atoms with E-state index in [9.17, 15) is 0 Å². The minimum absolute atomic E-state index is 0.125. The second kappa shape index (κ2) is 6.20. The maximum atomic E-state index is 5.99. The maximum Gasteiger partial charge on any atom is 0.0766 e. The lowest BCUT2D eigenvalue weighted by atomic mass is 9.75. The van der Waals surface area contributed by atoms with Crippen molar-refractivity contribution < 1.29 is 0 Å². The highest BCUT2D eigenvalue weighted by Crippen LogP contribution is 2.34. The second-order valence-electron chi connectivity index (χ2n) is 5.57. The van der Waals surface area contributed by atoms with E-state index in [1.54, 1.807) is 0 Å². The van der Waals surface area contributed by atoms with Crippen molar-refractivity contribution in [2.75, 3.05) is 6.54 Å². The third-order valence-corrected chi connectivity index (χ3v) is 5.04. The number of hydrogen-bond donors (Lipinski definition) is 1. The first-order chi connectivity index (χ1) is 8.39. The van der Waals surface area contributed by atoms with E-state index in [-0.39, 0.29) is 5.41 Å². The first-order valence-corrected chi connectivity index (χ1v) is 7.63. The minimum atomic E-state index is 0.125. The number of halogens is 1. The van der Waals surface area contributed by atoms with Gasteiger partial charge in [0.1, 0.15) is 0 Å². The molecule has 0 aliphatic carbocycles. The molecule has 4 heteroatoms. The van der Waals surface area contributed by atoms with E-state index in [0.717, 1.165) is 25.1 Å². The van der Waals surface area contributed by atoms with Crippen molar-refractivity contribution in [3.8, 4) is 0 Å². The van der Waals surface area contributed by atoms with Gasteiger partial charge in [-0.25, -0.2) is 0 Å². The van der Waals surface area contributed by atoms with Crippen LogP contribution in [-0.2, 0) is 19.4 Å². The average Bonchev–Trinajstić information content (AvgIpc) is 2.65. The first kappa shape index (κ1) is 15.7. The summed E-state index contributed by atoms with van der Waals surface area (Å²) in [5, 5.41) is 4.65. The fourth-order valence-electron chi connectivity index (χ4n) is 2.08. The zero-order valence-electron chi connectivity index (χ0n) is 12.3. The van der Waals surface area contributed by atoms with Crippen LogP contribution in [0.4, 0.5) is 0 Å². The van der Waals surface area contributed by atoms with Crippen molar-refractivity contribution >= 4 is 15.9 Å². The smallest absolute Gasteiger partial charge is 0.0766 e. The number of nitrogens with two attached hydrogens (primary N) is 1. The van der Waals surface area contributed by atoms with Gasteiger partial charge in [-0.3, -0.25) is 4.68 Å². The molecule has 0 amide bonds. The van der Waals surface area contributed by atoms with E-state index >= 15 is 0 Å². The van der Waals surface area contributed by atoms with E-state index in [4.69, 9.17) is 5.73 Å². The van der Waals surface area contributed by atoms with Gasteiger partial charge in [-0.05, 0) is 53.6 Å². The molecule has 18 heavy (non-hydrogen) atoms. The standard InChI is InChI=1S/C14H26BrN3/c1-6-11-13(15)12(18(7-2)17-11)8-14(5,9-16)10(3)4/h10H,6-9,16H2,1-5H3. The van der Waals surface area contributed by atoms with Gasteiger partial charge >= 0.3 is 0 Å². The number of nitrogens with zero attached hydrogens (tertiary/aromatic N) is 2. The predicted octanol–water partition coefficient (Wildman–Crippen LogP) is 3.39. The normalized spacial score (nSPS) is 15.1. The Labute approximate surface area is 119 Å². The summed E-state index contributed by atoms with van der Waals surface area (Å²) in [7, 11) is 0. The van der Waals surface area contributed by atoms with E-state index in [1.165, 1.54) is 10.2 Å². The molecule has 0 aliphatic heterocycles. The van der Waals surface area contributed by atoms with Gasteiger partial charge in [-0.15, -0.1) is 0 Å². The molecule has 104 valence electrons. The molecule has 0 bridgehead atoms. The van der Waals surface area contributed by atoms with Gasteiger partial charge in [0.15, 0.2) is 0 Å². The van der Waals surface area contributed by atoms with Crippen molar-refractivity contribution in [1.29, 1.82) is 0 Å². The Morgan fingerprint density at radius 3 is 2.39 bits per heavy atom. The van der Waals surface area contributed by atoms with Crippen molar-refractivity contribution in [2.45, 2.75) is 54.0 Å². The Morgan fingerprint density at radius 1 is 1.39 bits per heavy atom. The lowest BCUT2D eigenvalue weighted by Gasteiger charge is -2.32. The lowest BCUT2D eigenvalue weighted by molar-refractivity contribution is 0.221. The molecule has 1 atom stereocenters. The zero-order valence-corrected chi connectivity index (χ0v) is 13.8. The van der Waals surface area contributed by atoms with Crippen molar-refractivity contribution in [3.05, 3.63) is 15.9 Å². The molecule has 1 rings (SSSR count). The summed E-state index contributed by atoms with van der Waals surface area (Å²) in [6.45, 7) is 12.6. The molecule has 0 radical (unpaired) electrons. The fraction of sp³-hybridized carbons (Fsp3) is 0.786. The van der Waals surface area contributed by atoms with Crippen LogP contribution in [0.1, 0.15) is 46.0 Å². The molecule has 3 nitrogen and oxygen atoms in total. The highest BCUT2D eigenvalue weighted by atomic mass is 79.9. The zero-order chi connectivity index (χ0) is 13.9. The van der Waals surface area contributed by atoms with Crippen molar-refractivity contribution in [2.24, 2.45) is 17.1 Å². The Morgan fingerprint density at radius 2 is 2.00 bits per heavy atom. The van der Waals surface area contributed by atoms with Gasteiger partial charge in [0.2, 0.25) is 0 Å². The Bertz CT molecular complexity index is 398. The molecule has 0 fully saturated rings. The van der Waals surface area contributed by atoms with Crippen LogP contribution in [0.25, 0.3) is 0 Å². The molecule has 1 unspecified atom stereocenters. The van der Waals surface area contributed by atoms with Crippen LogP contribution in [0.2, 0.25) is 0 Å². The largest absolute Gasteiger partial charge is 0.330 e. The highest BCUT2D eigenvalue weighted by molar-refractivity contribution is 9.10. The molecule has 1 heterocycles.